The molecule has 0 saturated carbocycles. The van der Waals surface area contributed by atoms with E-state index in [1.807, 2.05) is 0 Å². The Labute approximate surface area is 119 Å². The molecule has 0 aliphatic carbocycles. The molecular formula is C10H8CuN2O2S2-2. The Morgan fingerprint density at radius 1 is 0.765 bits per heavy atom. The predicted molar refractivity (Wildman–Crippen MR) is 68.1 cm³/mol. The van der Waals surface area contributed by atoms with Crippen LogP contribution < -0.4 is 0 Å². The largest absolute Gasteiger partial charge is 0.805 e. The second-order valence-corrected chi connectivity index (χ2v) is 3.57. The Morgan fingerprint density at radius 3 is 1.29 bits per heavy atom. The van der Waals surface area contributed by atoms with E-state index in [-0.39, 0.29) is 17.1 Å². The Kier molecular flexibility index (Phi) is 7.49. The minimum absolute atomic E-state index is 0. The van der Waals surface area contributed by atoms with Crippen molar-refractivity contribution in [1.29, 1.82) is 0 Å². The Morgan fingerprint density at radius 2 is 1.12 bits per heavy atom. The fourth-order valence-electron chi connectivity index (χ4n) is 0.825. The molecule has 0 atom stereocenters. The smallest absolute Gasteiger partial charge is 0.101 e. The first-order chi connectivity index (χ1) is 7.61. The van der Waals surface area contributed by atoms with E-state index in [9.17, 15) is 10.4 Å². The fraction of sp³-hybridized carbons (Fsp3) is 0. The summed E-state index contributed by atoms with van der Waals surface area (Å²) in [7, 11) is 0. The first-order valence-corrected chi connectivity index (χ1v) is 5.13. The molecule has 2 aromatic rings. The van der Waals surface area contributed by atoms with Crippen molar-refractivity contribution in [2.75, 3.05) is 0 Å². The van der Waals surface area contributed by atoms with Gasteiger partial charge in [-0.15, -0.1) is 0 Å². The van der Waals surface area contributed by atoms with Gasteiger partial charge in [0.1, 0.15) is 9.28 Å². The molecule has 0 saturated heterocycles. The number of aromatic nitrogens is 2. The summed E-state index contributed by atoms with van der Waals surface area (Å²) in [6.45, 7) is 0. The molecule has 1 radical (unpaired) electrons. The second-order valence-electron chi connectivity index (χ2n) is 2.73. The van der Waals surface area contributed by atoms with Gasteiger partial charge in [-0.05, 0) is 36.7 Å². The van der Waals surface area contributed by atoms with Crippen molar-refractivity contribution in [3.63, 3.8) is 0 Å². The monoisotopic (exact) mass is 315 g/mol. The number of nitrogens with zero attached hydrogens (tertiary/aromatic N) is 2. The van der Waals surface area contributed by atoms with Crippen LogP contribution in [-0.2, 0) is 17.1 Å². The van der Waals surface area contributed by atoms with Crippen molar-refractivity contribution in [1.82, 2.24) is 9.46 Å². The molecule has 17 heavy (non-hydrogen) atoms. The maximum Gasteiger partial charge on any atom is 0.101 e. The van der Waals surface area contributed by atoms with Gasteiger partial charge in [0, 0.05) is 17.1 Å². The summed E-state index contributed by atoms with van der Waals surface area (Å²) in [4.78, 5) is 0. The molecular weight excluding hydrogens is 308 g/mol. The average molecular weight is 316 g/mol. The third-order valence-electron chi connectivity index (χ3n) is 1.58. The molecule has 2 rings (SSSR count). The summed E-state index contributed by atoms with van der Waals surface area (Å²) < 4.78 is 1.92. The van der Waals surface area contributed by atoms with Crippen LogP contribution in [0.1, 0.15) is 0 Å². The van der Waals surface area contributed by atoms with Crippen molar-refractivity contribution in [2.24, 2.45) is 0 Å². The van der Waals surface area contributed by atoms with E-state index in [1.54, 1.807) is 36.4 Å². The minimum Gasteiger partial charge on any atom is -0.805 e. The molecule has 95 valence electrons. The topological polar surface area (TPSA) is 56.0 Å². The third-order valence-corrected chi connectivity index (χ3v) is 2.21. The predicted octanol–water partition coefficient (Wildman–Crippen LogP) is 3.12. The summed E-state index contributed by atoms with van der Waals surface area (Å²) in [5.74, 6) is 0. The molecule has 0 N–H and O–H groups in total. The second kappa shape index (κ2) is 8.02. The van der Waals surface area contributed by atoms with Crippen molar-refractivity contribution in [3.8, 4) is 0 Å². The van der Waals surface area contributed by atoms with Crippen LogP contribution in [0.3, 0.4) is 0 Å². The van der Waals surface area contributed by atoms with Gasteiger partial charge in [-0.2, -0.15) is 0 Å². The number of hydrogen-bond acceptors (Lipinski definition) is 4. The SMILES string of the molecule is [Cu].[O-]n1ccccc1=S.[O-]n1ccccc1=S. The zero-order chi connectivity index (χ0) is 12.0. The van der Waals surface area contributed by atoms with Crippen LogP contribution in [0.2, 0.25) is 0 Å². The zero-order valence-corrected chi connectivity index (χ0v) is 11.0. The van der Waals surface area contributed by atoms with Crippen LogP contribution in [0.5, 0.6) is 0 Å². The van der Waals surface area contributed by atoms with Gasteiger partial charge >= 0.3 is 0 Å². The third kappa shape index (κ3) is 5.65. The van der Waals surface area contributed by atoms with Crippen molar-refractivity contribution < 1.29 is 17.1 Å². The van der Waals surface area contributed by atoms with E-state index in [0.29, 0.717) is 18.7 Å². The van der Waals surface area contributed by atoms with Crippen LogP contribution in [0.25, 0.3) is 0 Å². The van der Waals surface area contributed by atoms with Crippen LogP contribution in [0.15, 0.2) is 48.8 Å². The molecule has 0 aromatic carbocycles. The summed E-state index contributed by atoms with van der Waals surface area (Å²) >= 11 is 9.21. The van der Waals surface area contributed by atoms with Crippen molar-refractivity contribution >= 4 is 24.4 Å². The molecule has 0 bridgehead atoms. The molecule has 4 nitrogen and oxygen atoms in total. The van der Waals surface area contributed by atoms with Gasteiger partial charge in [0.15, 0.2) is 0 Å². The van der Waals surface area contributed by atoms with Gasteiger partial charge in [-0.25, -0.2) is 0 Å². The molecule has 2 aromatic heterocycles. The van der Waals surface area contributed by atoms with Crippen molar-refractivity contribution in [3.05, 3.63) is 68.5 Å². The van der Waals surface area contributed by atoms with E-state index in [0.717, 1.165) is 0 Å². The normalized spacial score (nSPS) is 8.47. The number of rotatable bonds is 0. The summed E-state index contributed by atoms with van der Waals surface area (Å²) in [5, 5.41) is 20.9. The summed E-state index contributed by atoms with van der Waals surface area (Å²) in [5.41, 5.74) is 0. The van der Waals surface area contributed by atoms with Gasteiger partial charge < -0.3 is 19.9 Å². The van der Waals surface area contributed by atoms with Crippen LogP contribution in [0, 0.1) is 19.7 Å². The number of pyridine rings is 2. The van der Waals surface area contributed by atoms with Gasteiger partial charge in [0.25, 0.3) is 0 Å². The Hall–Kier alpha value is -1.14. The fourth-order valence-corrected chi connectivity index (χ4v) is 1.10. The van der Waals surface area contributed by atoms with Crippen molar-refractivity contribution in [2.45, 2.75) is 0 Å². The molecule has 0 aliphatic rings. The maximum absolute atomic E-state index is 10.4. The minimum atomic E-state index is 0. The first kappa shape index (κ1) is 15.9. The number of hydrogen-bond donors (Lipinski definition) is 0. The summed E-state index contributed by atoms with van der Waals surface area (Å²) in [6, 6.07) is 9.92. The van der Waals surface area contributed by atoms with Gasteiger partial charge in [-0.1, -0.05) is 36.6 Å². The zero-order valence-electron chi connectivity index (χ0n) is 8.45. The van der Waals surface area contributed by atoms with E-state index < -0.39 is 0 Å². The molecule has 0 aliphatic heterocycles. The Bertz CT molecular complexity index is 517. The molecule has 0 amide bonds. The molecule has 0 fully saturated rings. The van der Waals surface area contributed by atoms with Crippen LogP contribution in [-0.4, -0.2) is 9.46 Å². The molecule has 0 unspecified atom stereocenters. The van der Waals surface area contributed by atoms with Gasteiger partial charge in [0.05, 0.1) is 0 Å². The van der Waals surface area contributed by atoms with E-state index in [1.165, 1.54) is 12.4 Å². The molecule has 0 spiro atoms. The average Bonchev–Trinajstić information content (AvgIpc) is 2.28. The maximum atomic E-state index is 10.4. The van der Waals surface area contributed by atoms with E-state index in [2.05, 4.69) is 24.4 Å². The van der Waals surface area contributed by atoms with Crippen LogP contribution in [0.4, 0.5) is 0 Å². The Balaban J connectivity index is 0.000000284. The summed E-state index contributed by atoms with van der Waals surface area (Å²) in [6.07, 6.45) is 2.75. The first-order valence-electron chi connectivity index (χ1n) is 4.31. The molecule has 2 heterocycles. The molecule has 7 heteroatoms. The van der Waals surface area contributed by atoms with E-state index in [4.69, 9.17) is 0 Å². The standard InChI is InChI=1S/2C5H4NOS.Cu/c2*7-6-4-2-1-3-5(6)8;/h2*1-4H;/q2*-1;. The quantitative estimate of drug-likeness (QED) is 0.553. The van der Waals surface area contributed by atoms with E-state index >= 15 is 0 Å². The van der Waals surface area contributed by atoms with Gasteiger partial charge in [-0.3, -0.25) is 0 Å². The van der Waals surface area contributed by atoms with Gasteiger partial charge in [0.2, 0.25) is 0 Å². The van der Waals surface area contributed by atoms with Crippen LogP contribution >= 0.6 is 24.4 Å².